The predicted molar refractivity (Wildman–Crippen MR) is 148 cm³/mol. The molecule has 0 spiro atoms. The van der Waals surface area contributed by atoms with Gasteiger partial charge >= 0.3 is 0 Å². The summed E-state index contributed by atoms with van der Waals surface area (Å²) in [6.45, 7) is -1.47. The Labute approximate surface area is 258 Å². The summed E-state index contributed by atoms with van der Waals surface area (Å²) < 4.78 is 22.8. The summed E-state index contributed by atoms with van der Waals surface area (Å²) in [5.74, 6) is -0.868. The van der Waals surface area contributed by atoms with Crippen LogP contribution in [0.4, 0.5) is 0 Å². The molecule has 3 rings (SSSR count). The van der Waals surface area contributed by atoms with Crippen LogP contribution in [0.25, 0.3) is 0 Å². The van der Waals surface area contributed by atoms with Crippen molar-refractivity contribution in [3.05, 3.63) is 0 Å². The minimum Gasteiger partial charge on any atom is -0.394 e. The number of carbonyl (C=O) groups excluding carboxylic acids is 1. The van der Waals surface area contributed by atoms with Crippen LogP contribution >= 0.6 is 0 Å². The fourth-order valence-electron chi connectivity index (χ4n) is 5.50. The average Bonchev–Trinajstić information content (AvgIpc) is 3.01. The van der Waals surface area contributed by atoms with Crippen molar-refractivity contribution in [2.75, 3.05) is 32.8 Å². The van der Waals surface area contributed by atoms with Crippen molar-refractivity contribution in [3.63, 3.8) is 0 Å². The van der Waals surface area contributed by atoms with E-state index in [9.17, 15) is 50.8 Å². The second-order valence-corrected chi connectivity index (χ2v) is 11.6. The molecule has 17 atom stereocenters. The summed E-state index contributed by atoms with van der Waals surface area (Å²) >= 11 is 0. The minimum atomic E-state index is -1.82. The molecule has 1 aliphatic carbocycles. The number of aliphatic hydroxyl groups excluding tert-OH is 10. The lowest BCUT2D eigenvalue weighted by Gasteiger charge is -2.49. The van der Waals surface area contributed by atoms with Crippen LogP contribution in [0.2, 0.25) is 0 Å². The number of nitrogens with one attached hydrogen (secondary N) is 2. The third-order valence-corrected chi connectivity index (χ3v) is 8.21. The SMILES string of the molecule is NCCC(O)C(=O)NC1CC(N)C(OC2OC(CNCC(O)CO)C(O)C(O)C2O)C(O)C1OC1OC(CO)C(O)C(N)C1O. The van der Waals surface area contributed by atoms with Gasteiger partial charge in [0.1, 0.15) is 67.1 Å². The normalized spacial score (nSPS) is 43.9. The smallest absolute Gasteiger partial charge is 0.249 e. The average molecular weight is 660 g/mol. The van der Waals surface area contributed by atoms with Crippen molar-refractivity contribution >= 4 is 5.91 Å². The van der Waals surface area contributed by atoms with E-state index in [0.29, 0.717) is 0 Å². The first-order valence-corrected chi connectivity index (χ1v) is 14.8. The van der Waals surface area contributed by atoms with Crippen LogP contribution in [-0.2, 0) is 23.7 Å². The summed E-state index contributed by atoms with van der Waals surface area (Å²) in [5.41, 5.74) is 17.6. The highest BCUT2D eigenvalue weighted by atomic mass is 16.7. The van der Waals surface area contributed by atoms with E-state index in [0.717, 1.165) is 0 Å². The van der Waals surface area contributed by atoms with Gasteiger partial charge in [-0.15, -0.1) is 0 Å². The molecule has 18 N–H and O–H groups in total. The monoisotopic (exact) mass is 659 g/mol. The Hall–Kier alpha value is -1.25. The first-order valence-electron chi connectivity index (χ1n) is 14.8. The molecule has 0 aromatic heterocycles. The molecular weight excluding hydrogens is 610 g/mol. The molecule has 2 heterocycles. The van der Waals surface area contributed by atoms with E-state index in [1.54, 1.807) is 0 Å². The van der Waals surface area contributed by atoms with Gasteiger partial charge in [0.15, 0.2) is 12.6 Å². The van der Waals surface area contributed by atoms with Gasteiger partial charge in [0.2, 0.25) is 5.91 Å². The highest BCUT2D eigenvalue weighted by Gasteiger charge is 2.52. The molecule has 20 nitrogen and oxygen atoms in total. The summed E-state index contributed by atoms with van der Waals surface area (Å²) in [6.07, 6.45) is -21.7. The van der Waals surface area contributed by atoms with Gasteiger partial charge < -0.3 is 97.8 Å². The molecule has 20 heteroatoms. The van der Waals surface area contributed by atoms with Crippen LogP contribution in [0.5, 0.6) is 0 Å². The van der Waals surface area contributed by atoms with Crippen molar-refractivity contribution in [2.45, 2.75) is 117 Å². The number of carbonyl (C=O) groups is 1. The fourth-order valence-corrected chi connectivity index (χ4v) is 5.50. The highest BCUT2D eigenvalue weighted by Crippen LogP contribution is 2.32. The van der Waals surface area contributed by atoms with Crippen LogP contribution in [0.15, 0.2) is 0 Å². The molecule has 2 saturated heterocycles. The van der Waals surface area contributed by atoms with Crippen LogP contribution in [0.1, 0.15) is 12.8 Å². The van der Waals surface area contributed by atoms with Crippen molar-refractivity contribution < 1.29 is 74.8 Å². The fraction of sp³-hybridized carbons (Fsp3) is 0.960. The van der Waals surface area contributed by atoms with Gasteiger partial charge in [-0.2, -0.15) is 0 Å². The van der Waals surface area contributed by atoms with E-state index in [4.69, 9.17) is 41.3 Å². The summed E-state index contributed by atoms with van der Waals surface area (Å²) in [6, 6.07) is -3.57. The Morgan fingerprint density at radius 1 is 0.844 bits per heavy atom. The molecule has 3 fully saturated rings. The van der Waals surface area contributed by atoms with Gasteiger partial charge in [0.25, 0.3) is 0 Å². The van der Waals surface area contributed by atoms with Gasteiger partial charge in [-0.25, -0.2) is 0 Å². The van der Waals surface area contributed by atoms with E-state index < -0.39 is 123 Å². The maximum atomic E-state index is 12.7. The first-order chi connectivity index (χ1) is 21.2. The molecule has 2 aliphatic heterocycles. The van der Waals surface area contributed by atoms with E-state index in [1.165, 1.54) is 0 Å². The molecule has 45 heavy (non-hydrogen) atoms. The van der Waals surface area contributed by atoms with E-state index >= 15 is 0 Å². The summed E-state index contributed by atoms with van der Waals surface area (Å²) in [7, 11) is 0. The number of amides is 1. The second kappa shape index (κ2) is 17.2. The number of aliphatic hydroxyl groups is 10. The standard InChI is InChI=1S/C25H49N5O15/c26-2-1-11(34)23(41)30-10-3-9(27)21(20(40)22(10)45-24-17(37)14(28)15(35)13(7-32)43-24)44-25-19(39)18(38)16(36)12(42-25)5-29-4-8(33)6-31/h8-22,24-25,29,31-40H,1-7,26-28H2,(H,30,41). The van der Waals surface area contributed by atoms with E-state index in [2.05, 4.69) is 10.6 Å². The number of rotatable bonds is 14. The lowest BCUT2D eigenvalue weighted by atomic mass is 9.83. The molecule has 0 radical (unpaired) electrons. The van der Waals surface area contributed by atoms with Crippen LogP contribution in [-0.4, -0.2) is 194 Å². The summed E-state index contributed by atoms with van der Waals surface area (Å²) in [5, 5.41) is 107. The molecule has 17 unspecified atom stereocenters. The van der Waals surface area contributed by atoms with Gasteiger partial charge in [0, 0.05) is 19.1 Å². The highest BCUT2D eigenvalue weighted by molar-refractivity contribution is 5.80. The Kier molecular flexibility index (Phi) is 14.6. The third-order valence-electron chi connectivity index (χ3n) is 8.21. The van der Waals surface area contributed by atoms with Crippen molar-refractivity contribution in [3.8, 4) is 0 Å². The van der Waals surface area contributed by atoms with Gasteiger partial charge in [-0.05, 0) is 19.4 Å². The molecule has 1 saturated carbocycles. The zero-order chi connectivity index (χ0) is 33.6. The Morgan fingerprint density at radius 3 is 2.09 bits per heavy atom. The first kappa shape index (κ1) is 38.2. The zero-order valence-corrected chi connectivity index (χ0v) is 24.5. The number of ether oxygens (including phenoxy) is 4. The van der Waals surface area contributed by atoms with E-state index in [-0.39, 0.29) is 32.5 Å². The van der Waals surface area contributed by atoms with Crippen LogP contribution in [0, 0.1) is 0 Å². The molecule has 3 aliphatic rings. The Bertz CT molecular complexity index is 913. The molecule has 0 aromatic rings. The Balaban J connectivity index is 1.82. The minimum absolute atomic E-state index is 0.00903. The largest absolute Gasteiger partial charge is 0.394 e. The quantitative estimate of drug-likeness (QED) is 0.0822. The van der Waals surface area contributed by atoms with Gasteiger partial charge in [0.05, 0.1) is 31.4 Å². The predicted octanol–water partition coefficient (Wildman–Crippen LogP) is -9.44. The number of nitrogens with two attached hydrogens (primary N) is 3. The molecule has 264 valence electrons. The van der Waals surface area contributed by atoms with Crippen LogP contribution in [0.3, 0.4) is 0 Å². The molecular formula is C25H49N5O15. The third kappa shape index (κ3) is 9.22. The number of hydrogen-bond donors (Lipinski definition) is 15. The topological polar surface area (TPSA) is 358 Å². The molecule has 0 bridgehead atoms. The zero-order valence-electron chi connectivity index (χ0n) is 24.5. The van der Waals surface area contributed by atoms with Gasteiger partial charge in [-0.1, -0.05) is 0 Å². The second-order valence-electron chi connectivity index (χ2n) is 11.6. The van der Waals surface area contributed by atoms with Crippen LogP contribution < -0.4 is 27.8 Å². The van der Waals surface area contributed by atoms with Gasteiger partial charge in [-0.3, -0.25) is 4.79 Å². The lowest BCUT2D eigenvalue weighted by Crippen LogP contribution is -2.69. The maximum Gasteiger partial charge on any atom is 0.249 e. The van der Waals surface area contributed by atoms with Crippen molar-refractivity contribution in [2.24, 2.45) is 17.2 Å². The molecule has 1 amide bonds. The van der Waals surface area contributed by atoms with Crippen molar-refractivity contribution in [1.29, 1.82) is 0 Å². The number of hydrogen-bond acceptors (Lipinski definition) is 19. The molecule has 0 aromatic carbocycles. The van der Waals surface area contributed by atoms with E-state index in [1.807, 2.05) is 0 Å². The Morgan fingerprint density at radius 2 is 1.47 bits per heavy atom. The lowest BCUT2D eigenvalue weighted by molar-refractivity contribution is -0.333. The van der Waals surface area contributed by atoms with Crippen molar-refractivity contribution in [1.82, 2.24) is 10.6 Å². The maximum absolute atomic E-state index is 12.7. The summed E-state index contributed by atoms with van der Waals surface area (Å²) in [4.78, 5) is 12.7.